The number of carbonyl (C=O) groups excluding carboxylic acids is 2. The van der Waals surface area contributed by atoms with Crippen LogP contribution in [0.15, 0.2) is 84.9 Å². The fourth-order valence-electron chi connectivity index (χ4n) is 4.42. The zero-order valence-corrected chi connectivity index (χ0v) is 18.8. The first-order valence-electron chi connectivity index (χ1n) is 10.8. The molecule has 0 radical (unpaired) electrons. The first-order chi connectivity index (χ1) is 15.8. The third-order valence-electron chi connectivity index (χ3n) is 6.24. The molecule has 164 valence electrons. The van der Waals surface area contributed by atoms with Crippen LogP contribution in [0.3, 0.4) is 0 Å². The van der Waals surface area contributed by atoms with Crippen LogP contribution in [0.5, 0.6) is 0 Å². The molecule has 1 amide bonds. The Labute approximate surface area is 197 Å². The van der Waals surface area contributed by atoms with Crippen LogP contribution in [0, 0.1) is 6.92 Å². The maximum atomic E-state index is 13.5. The molecule has 1 aliphatic rings. The minimum absolute atomic E-state index is 0.292. The zero-order chi connectivity index (χ0) is 23.2. The van der Waals surface area contributed by atoms with E-state index in [0.29, 0.717) is 28.4 Å². The summed E-state index contributed by atoms with van der Waals surface area (Å²) in [6, 6.07) is 26.0. The van der Waals surface area contributed by atoms with Crippen LogP contribution >= 0.6 is 11.6 Å². The Morgan fingerprint density at radius 1 is 0.939 bits per heavy atom. The molecule has 0 aromatic heterocycles. The number of hydrogen-bond acceptors (Lipinski definition) is 3. The summed E-state index contributed by atoms with van der Waals surface area (Å²) in [5.41, 5.74) is 1.46. The number of amides is 1. The van der Waals surface area contributed by atoms with Gasteiger partial charge in [0.2, 0.25) is 0 Å². The molecule has 4 nitrogen and oxygen atoms in total. The summed E-state index contributed by atoms with van der Waals surface area (Å²) in [6.07, 6.45) is -0.359. The predicted molar refractivity (Wildman–Crippen MR) is 131 cm³/mol. The van der Waals surface area contributed by atoms with E-state index < -0.39 is 11.5 Å². The molecule has 0 fully saturated rings. The van der Waals surface area contributed by atoms with Gasteiger partial charge in [-0.3, -0.25) is 9.59 Å². The monoisotopic (exact) mass is 455 g/mol. The van der Waals surface area contributed by atoms with Crippen molar-refractivity contribution in [1.29, 1.82) is 0 Å². The molecular formula is C28H22ClNO3. The maximum absolute atomic E-state index is 13.5. The van der Waals surface area contributed by atoms with Crippen LogP contribution in [-0.2, 0) is 16.9 Å². The van der Waals surface area contributed by atoms with Gasteiger partial charge in [-0.2, -0.15) is 0 Å². The van der Waals surface area contributed by atoms with E-state index in [1.807, 2.05) is 61.5 Å². The van der Waals surface area contributed by atoms with E-state index in [4.69, 9.17) is 11.6 Å². The molecule has 0 spiro atoms. The molecule has 5 rings (SSSR count). The SMILES string of the molecule is Cc1ccc(CN2C(=O)[C@](O)(CC(=O)c3ccc4ccccc4c3)c3cc(Cl)ccc32)cc1. The van der Waals surface area contributed by atoms with Crippen molar-refractivity contribution >= 4 is 39.8 Å². The van der Waals surface area contributed by atoms with E-state index in [0.717, 1.165) is 21.9 Å². The van der Waals surface area contributed by atoms with Crippen LogP contribution in [0.1, 0.15) is 33.5 Å². The molecular weight excluding hydrogens is 434 g/mol. The summed E-state index contributed by atoms with van der Waals surface area (Å²) in [4.78, 5) is 28.3. The topological polar surface area (TPSA) is 57.6 Å². The van der Waals surface area contributed by atoms with Crippen molar-refractivity contribution in [2.45, 2.75) is 25.5 Å². The van der Waals surface area contributed by atoms with Crippen molar-refractivity contribution in [2.75, 3.05) is 4.90 Å². The smallest absolute Gasteiger partial charge is 0.264 e. The second-order valence-electron chi connectivity index (χ2n) is 8.56. The van der Waals surface area contributed by atoms with Gasteiger partial charge in [-0.15, -0.1) is 0 Å². The fraction of sp³-hybridized carbons (Fsp3) is 0.143. The van der Waals surface area contributed by atoms with Crippen LogP contribution < -0.4 is 4.90 Å². The minimum Gasteiger partial charge on any atom is -0.375 e. The van der Waals surface area contributed by atoms with E-state index in [1.165, 1.54) is 4.90 Å². The van der Waals surface area contributed by atoms with Gasteiger partial charge in [-0.25, -0.2) is 0 Å². The van der Waals surface area contributed by atoms with E-state index in [1.54, 1.807) is 30.3 Å². The molecule has 0 saturated heterocycles. The molecule has 33 heavy (non-hydrogen) atoms. The van der Waals surface area contributed by atoms with Crippen molar-refractivity contribution in [1.82, 2.24) is 0 Å². The average Bonchev–Trinajstić information content (AvgIpc) is 3.01. The third-order valence-corrected chi connectivity index (χ3v) is 6.48. The second kappa shape index (κ2) is 8.14. The lowest BCUT2D eigenvalue weighted by atomic mass is 9.87. The number of carbonyl (C=O) groups is 2. The lowest BCUT2D eigenvalue weighted by Crippen LogP contribution is -2.41. The lowest BCUT2D eigenvalue weighted by Gasteiger charge is -2.23. The molecule has 5 heteroatoms. The van der Waals surface area contributed by atoms with E-state index in [-0.39, 0.29) is 12.2 Å². The number of hydrogen-bond donors (Lipinski definition) is 1. The third kappa shape index (κ3) is 3.82. The van der Waals surface area contributed by atoms with E-state index in [9.17, 15) is 14.7 Å². The molecule has 0 aliphatic carbocycles. The first kappa shape index (κ1) is 21.4. The Balaban J connectivity index is 1.50. The van der Waals surface area contributed by atoms with Crippen molar-refractivity contribution in [3.8, 4) is 0 Å². The summed E-state index contributed by atoms with van der Waals surface area (Å²) in [7, 11) is 0. The van der Waals surface area contributed by atoms with Gasteiger partial charge >= 0.3 is 0 Å². The molecule has 0 saturated carbocycles. The fourth-order valence-corrected chi connectivity index (χ4v) is 4.60. The predicted octanol–water partition coefficient (Wildman–Crippen LogP) is 5.81. The van der Waals surface area contributed by atoms with Gasteiger partial charge in [-0.05, 0) is 47.5 Å². The summed E-state index contributed by atoms with van der Waals surface area (Å²) in [5.74, 6) is -0.825. The number of fused-ring (bicyclic) bond motifs is 2. The summed E-state index contributed by atoms with van der Waals surface area (Å²) in [5, 5.41) is 13.9. The van der Waals surface area contributed by atoms with Gasteiger partial charge in [-0.1, -0.05) is 77.8 Å². The van der Waals surface area contributed by atoms with Crippen molar-refractivity contribution in [2.24, 2.45) is 0 Å². The van der Waals surface area contributed by atoms with Crippen LogP contribution in [-0.4, -0.2) is 16.8 Å². The zero-order valence-electron chi connectivity index (χ0n) is 18.1. The Morgan fingerprint density at radius 2 is 1.67 bits per heavy atom. The van der Waals surface area contributed by atoms with Gasteiger partial charge in [0.1, 0.15) is 0 Å². The molecule has 4 aromatic rings. The maximum Gasteiger partial charge on any atom is 0.264 e. The molecule has 1 heterocycles. The van der Waals surface area contributed by atoms with Crippen molar-refractivity contribution < 1.29 is 14.7 Å². The normalized spacial score (nSPS) is 17.4. The highest BCUT2D eigenvalue weighted by molar-refractivity contribution is 6.31. The molecule has 1 aliphatic heterocycles. The van der Waals surface area contributed by atoms with Crippen LogP contribution in [0.2, 0.25) is 5.02 Å². The Morgan fingerprint density at radius 3 is 2.42 bits per heavy atom. The number of rotatable bonds is 5. The van der Waals surface area contributed by atoms with Crippen molar-refractivity contribution in [3.63, 3.8) is 0 Å². The number of Topliss-reactive ketones (excluding diaryl/α,β-unsaturated/α-hetero) is 1. The summed E-state index contributed by atoms with van der Waals surface area (Å²) >= 11 is 6.22. The number of ketones is 1. The van der Waals surface area contributed by atoms with Gasteiger partial charge in [0.05, 0.1) is 18.7 Å². The lowest BCUT2D eigenvalue weighted by molar-refractivity contribution is -0.136. The number of aryl methyl sites for hydroxylation is 1. The van der Waals surface area contributed by atoms with Gasteiger partial charge in [0, 0.05) is 16.1 Å². The number of halogens is 1. The molecule has 4 aromatic carbocycles. The largest absolute Gasteiger partial charge is 0.375 e. The van der Waals surface area contributed by atoms with Gasteiger partial charge < -0.3 is 10.0 Å². The average molecular weight is 456 g/mol. The van der Waals surface area contributed by atoms with Gasteiger partial charge in [0.25, 0.3) is 5.91 Å². The quantitative estimate of drug-likeness (QED) is 0.386. The van der Waals surface area contributed by atoms with Crippen LogP contribution in [0.25, 0.3) is 10.8 Å². The minimum atomic E-state index is -1.98. The number of anilines is 1. The summed E-state index contributed by atoms with van der Waals surface area (Å²) in [6.45, 7) is 2.29. The summed E-state index contributed by atoms with van der Waals surface area (Å²) < 4.78 is 0. The molecule has 0 bridgehead atoms. The standard InChI is InChI=1S/C28H22ClNO3/c1-18-6-8-19(9-7-18)17-30-25-13-12-23(29)15-24(25)28(33,27(30)32)16-26(31)22-11-10-20-4-2-3-5-21(20)14-22/h2-15,33H,16-17H2,1H3/t28-/m0/s1. The Kier molecular flexibility index (Phi) is 5.28. The van der Waals surface area contributed by atoms with Crippen molar-refractivity contribution in [3.05, 3.63) is 112 Å². The highest BCUT2D eigenvalue weighted by Crippen LogP contribution is 2.44. The number of aliphatic hydroxyl groups is 1. The number of benzene rings is 4. The van der Waals surface area contributed by atoms with E-state index in [2.05, 4.69) is 0 Å². The highest BCUT2D eigenvalue weighted by Gasteiger charge is 2.51. The van der Waals surface area contributed by atoms with E-state index >= 15 is 0 Å². The van der Waals surface area contributed by atoms with Crippen LogP contribution in [0.4, 0.5) is 5.69 Å². The molecule has 1 N–H and O–H groups in total. The van der Waals surface area contributed by atoms with Gasteiger partial charge in [0.15, 0.2) is 11.4 Å². The second-order valence-corrected chi connectivity index (χ2v) is 9.00. The molecule has 0 unspecified atom stereocenters. The molecule has 1 atom stereocenters. The number of nitrogens with zero attached hydrogens (tertiary/aromatic N) is 1. The Bertz CT molecular complexity index is 1400. The highest BCUT2D eigenvalue weighted by atomic mass is 35.5. The Hall–Kier alpha value is -3.47. The first-order valence-corrected chi connectivity index (χ1v) is 11.1.